The van der Waals surface area contributed by atoms with Crippen LogP contribution in [-0.2, 0) is 4.74 Å². The molecule has 1 amide bonds. The van der Waals surface area contributed by atoms with E-state index in [-0.39, 0.29) is 17.2 Å². The van der Waals surface area contributed by atoms with Gasteiger partial charge in [-0.15, -0.1) is 0 Å². The van der Waals surface area contributed by atoms with E-state index in [1.54, 1.807) is 12.4 Å². The van der Waals surface area contributed by atoms with Gasteiger partial charge in [-0.05, 0) is 32.0 Å². The molecule has 4 heterocycles. The number of ether oxygens (including phenoxy) is 2. The smallest absolute Gasteiger partial charge is 0.316 e. The number of aromatic nitrogens is 3. The molecule has 0 bridgehead atoms. The fourth-order valence-electron chi connectivity index (χ4n) is 3.67. The predicted octanol–water partition coefficient (Wildman–Crippen LogP) is 1.66. The molecule has 0 saturated carbocycles. The highest BCUT2D eigenvalue weighted by Gasteiger charge is 2.52. The molecule has 2 aromatic heterocycles. The van der Waals surface area contributed by atoms with Crippen molar-refractivity contribution in [2.45, 2.75) is 13.8 Å². The molecule has 2 atom stereocenters. The molecule has 0 N–H and O–H groups in total. The minimum Gasteiger partial charge on any atom is -0.463 e. The van der Waals surface area contributed by atoms with Crippen molar-refractivity contribution in [3.8, 4) is 6.01 Å². The topological polar surface area (TPSA) is 77.4 Å². The van der Waals surface area contributed by atoms with Crippen LogP contribution in [0.3, 0.4) is 0 Å². The van der Waals surface area contributed by atoms with E-state index in [1.807, 2.05) is 36.9 Å². The number of likely N-dealkylation sites (tertiary alicyclic amines) is 1. The maximum absolute atomic E-state index is 12.8. The van der Waals surface area contributed by atoms with E-state index in [9.17, 15) is 4.79 Å². The second kappa shape index (κ2) is 6.64. The summed E-state index contributed by atoms with van der Waals surface area (Å²) in [5.41, 5.74) is 2.17. The van der Waals surface area contributed by atoms with Gasteiger partial charge in [-0.25, -0.2) is 9.97 Å². The molecule has 2 fully saturated rings. The van der Waals surface area contributed by atoms with Crippen LogP contribution in [0.5, 0.6) is 6.01 Å². The quantitative estimate of drug-likeness (QED) is 0.831. The van der Waals surface area contributed by atoms with Crippen LogP contribution < -0.4 is 4.74 Å². The molecule has 4 rings (SSSR count). The SMILES string of the molecule is Cc1ccc(C(=O)N2C[C@@H]3COC[C@]3(COc3nccc(C)n3)C2)cn1. The Kier molecular flexibility index (Phi) is 4.32. The van der Waals surface area contributed by atoms with Crippen molar-refractivity contribution < 1.29 is 14.3 Å². The van der Waals surface area contributed by atoms with E-state index < -0.39 is 0 Å². The van der Waals surface area contributed by atoms with Gasteiger partial charge in [0.15, 0.2) is 0 Å². The van der Waals surface area contributed by atoms with Crippen molar-refractivity contribution in [1.82, 2.24) is 19.9 Å². The van der Waals surface area contributed by atoms with Crippen LogP contribution in [0, 0.1) is 25.2 Å². The first-order valence-electron chi connectivity index (χ1n) is 8.78. The molecular weight excluding hydrogens is 332 g/mol. The number of hydrogen-bond acceptors (Lipinski definition) is 6. The van der Waals surface area contributed by atoms with Crippen molar-refractivity contribution >= 4 is 5.91 Å². The molecular formula is C19H22N4O3. The molecule has 2 aliphatic rings. The average Bonchev–Trinajstić information content (AvgIpc) is 3.17. The van der Waals surface area contributed by atoms with Gasteiger partial charge in [0.1, 0.15) is 6.61 Å². The van der Waals surface area contributed by atoms with Crippen molar-refractivity contribution in [3.05, 3.63) is 47.5 Å². The van der Waals surface area contributed by atoms with Crippen LogP contribution in [0.4, 0.5) is 0 Å². The Hall–Kier alpha value is -2.54. The van der Waals surface area contributed by atoms with Gasteiger partial charge in [0.2, 0.25) is 0 Å². The molecule has 0 radical (unpaired) electrons. The first kappa shape index (κ1) is 16.9. The van der Waals surface area contributed by atoms with E-state index in [1.165, 1.54) is 0 Å². The summed E-state index contributed by atoms with van der Waals surface area (Å²) in [5.74, 6) is 0.271. The Balaban J connectivity index is 1.47. The van der Waals surface area contributed by atoms with Crippen LogP contribution in [0.25, 0.3) is 0 Å². The van der Waals surface area contributed by atoms with Crippen LogP contribution in [0.2, 0.25) is 0 Å². The average molecular weight is 354 g/mol. The normalized spacial score (nSPS) is 24.5. The highest BCUT2D eigenvalue weighted by Crippen LogP contribution is 2.42. The first-order valence-corrected chi connectivity index (χ1v) is 8.78. The first-order chi connectivity index (χ1) is 12.6. The van der Waals surface area contributed by atoms with Crippen molar-refractivity contribution in [2.24, 2.45) is 11.3 Å². The number of fused-ring (bicyclic) bond motifs is 1. The molecule has 0 aromatic carbocycles. The van der Waals surface area contributed by atoms with E-state index in [0.717, 1.165) is 11.4 Å². The third kappa shape index (κ3) is 3.14. The predicted molar refractivity (Wildman–Crippen MR) is 93.9 cm³/mol. The van der Waals surface area contributed by atoms with Gasteiger partial charge in [0.05, 0.1) is 24.2 Å². The van der Waals surface area contributed by atoms with E-state index >= 15 is 0 Å². The van der Waals surface area contributed by atoms with Crippen LogP contribution in [0.1, 0.15) is 21.7 Å². The molecule has 0 unspecified atom stereocenters. The van der Waals surface area contributed by atoms with Crippen molar-refractivity contribution in [3.63, 3.8) is 0 Å². The molecule has 0 aliphatic carbocycles. The maximum atomic E-state index is 12.8. The molecule has 2 aliphatic heterocycles. The number of carbonyl (C=O) groups is 1. The van der Waals surface area contributed by atoms with Crippen molar-refractivity contribution in [2.75, 3.05) is 32.9 Å². The second-order valence-corrected chi connectivity index (χ2v) is 7.22. The monoisotopic (exact) mass is 354 g/mol. The van der Waals surface area contributed by atoms with Gasteiger partial charge in [0.25, 0.3) is 5.91 Å². The molecule has 7 heteroatoms. The lowest BCUT2D eigenvalue weighted by atomic mass is 9.82. The van der Waals surface area contributed by atoms with Crippen molar-refractivity contribution in [1.29, 1.82) is 0 Å². The summed E-state index contributed by atoms with van der Waals surface area (Å²) >= 11 is 0. The summed E-state index contributed by atoms with van der Waals surface area (Å²) < 4.78 is 11.6. The van der Waals surface area contributed by atoms with Crippen LogP contribution in [-0.4, -0.2) is 58.7 Å². The summed E-state index contributed by atoms with van der Waals surface area (Å²) in [6.45, 7) is 6.76. The lowest BCUT2D eigenvalue weighted by Gasteiger charge is -2.26. The molecule has 136 valence electrons. The zero-order chi connectivity index (χ0) is 18.1. The summed E-state index contributed by atoms with van der Waals surface area (Å²) in [6.07, 6.45) is 3.33. The molecule has 0 spiro atoms. The highest BCUT2D eigenvalue weighted by molar-refractivity contribution is 5.94. The summed E-state index contributed by atoms with van der Waals surface area (Å²) in [7, 11) is 0. The second-order valence-electron chi connectivity index (χ2n) is 7.22. The lowest BCUT2D eigenvalue weighted by Crippen LogP contribution is -2.38. The summed E-state index contributed by atoms with van der Waals surface area (Å²) in [4.78, 5) is 27.4. The molecule has 26 heavy (non-hydrogen) atoms. The Labute approximate surface area is 152 Å². The highest BCUT2D eigenvalue weighted by atomic mass is 16.5. The number of amides is 1. The molecule has 7 nitrogen and oxygen atoms in total. The number of nitrogens with zero attached hydrogens (tertiary/aromatic N) is 4. The number of hydrogen-bond donors (Lipinski definition) is 0. The summed E-state index contributed by atoms with van der Waals surface area (Å²) in [5, 5.41) is 0. The zero-order valence-corrected chi connectivity index (χ0v) is 15.0. The number of carbonyl (C=O) groups excluding carboxylic acids is 1. The Bertz CT molecular complexity index is 811. The van der Waals surface area contributed by atoms with Gasteiger partial charge >= 0.3 is 6.01 Å². The fraction of sp³-hybridized carbons (Fsp3) is 0.474. The Morgan fingerprint density at radius 1 is 1.31 bits per heavy atom. The number of aryl methyl sites for hydroxylation is 2. The third-order valence-electron chi connectivity index (χ3n) is 5.23. The van der Waals surface area contributed by atoms with E-state index in [4.69, 9.17) is 9.47 Å². The van der Waals surface area contributed by atoms with Crippen LogP contribution in [0.15, 0.2) is 30.6 Å². The number of pyridine rings is 1. The minimum absolute atomic E-state index is 0.0121. The largest absolute Gasteiger partial charge is 0.463 e. The molecule has 2 aromatic rings. The summed E-state index contributed by atoms with van der Waals surface area (Å²) in [6, 6.07) is 5.90. The maximum Gasteiger partial charge on any atom is 0.316 e. The molecule has 2 saturated heterocycles. The van der Waals surface area contributed by atoms with Gasteiger partial charge in [-0.2, -0.15) is 0 Å². The number of rotatable bonds is 4. The van der Waals surface area contributed by atoms with Gasteiger partial charge in [0, 0.05) is 42.8 Å². The standard InChI is InChI=1S/C19H22N4O3/c1-13-3-4-15(7-21-13)17(24)23-8-16-9-25-11-19(16,10-23)12-26-18-20-6-5-14(2)22-18/h3-7,16H,8-12H2,1-2H3/t16-,19+/m1/s1. The van der Waals surface area contributed by atoms with Gasteiger partial charge in [-0.3, -0.25) is 9.78 Å². The fourth-order valence-corrected chi connectivity index (χ4v) is 3.67. The van der Waals surface area contributed by atoms with Gasteiger partial charge in [-0.1, -0.05) is 0 Å². The van der Waals surface area contributed by atoms with Crippen LogP contribution >= 0.6 is 0 Å². The lowest BCUT2D eigenvalue weighted by molar-refractivity contribution is 0.0649. The Morgan fingerprint density at radius 3 is 2.96 bits per heavy atom. The zero-order valence-electron chi connectivity index (χ0n) is 15.0. The third-order valence-corrected chi connectivity index (χ3v) is 5.23. The Morgan fingerprint density at radius 2 is 2.19 bits per heavy atom. The van der Waals surface area contributed by atoms with Gasteiger partial charge < -0.3 is 14.4 Å². The minimum atomic E-state index is -0.207. The van der Waals surface area contributed by atoms with E-state index in [0.29, 0.717) is 44.5 Å². The van der Waals surface area contributed by atoms with E-state index in [2.05, 4.69) is 15.0 Å².